The zero-order valence-corrected chi connectivity index (χ0v) is 20.9. The fourth-order valence-electron chi connectivity index (χ4n) is 4.06. The Kier molecular flexibility index (Phi) is 7.42. The van der Waals surface area contributed by atoms with Crippen molar-refractivity contribution >= 4 is 27.8 Å². The molecule has 1 aliphatic heterocycles. The number of carboxylic acid groups (broad SMARTS) is 1. The fraction of sp³-hybridized carbons (Fsp3) is 0.259. The number of benzene rings is 3. The third-order valence-corrected chi connectivity index (χ3v) is 7.83. The predicted molar refractivity (Wildman–Crippen MR) is 136 cm³/mol. The summed E-state index contributed by atoms with van der Waals surface area (Å²) in [5.74, 6) is -0.933. The maximum absolute atomic E-state index is 13.4. The van der Waals surface area contributed by atoms with Gasteiger partial charge in [-0.25, -0.2) is 13.2 Å². The van der Waals surface area contributed by atoms with Gasteiger partial charge in [0.05, 0.1) is 11.5 Å². The van der Waals surface area contributed by atoms with Gasteiger partial charge in [0.25, 0.3) is 0 Å². The van der Waals surface area contributed by atoms with Gasteiger partial charge in [-0.1, -0.05) is 62.4 Å². The summed E-state index contributed by atoms with van der Waals surface area (Å²) >= 11 is 0. The van der Waals surface area contributed by atoms with Crippen molar-refractivity contribution < 1.29 is 27.9 Å². The second-order valence-electron chi connectivity index (χ2n) is 9.10. The number of hydrogen-bond acceptors (Lipinski definition) is 5. The lowest BCUT2D eigenvalue weighted by atomic mass is 9.96. The summed E-state index contributed by atoms with van der Waals surface area (Å²) in [7, 11) is -4.04. The van der Waals surface area contributed by atoms with Crippen LogP contribution >= 0.6 is 0 Å². The smallest absolute Gasteiger partial charge is 0.411 e. The second kappa shape index (κ2) is 10.5. The molecule has 3 aromatic carbocycles. The minimum atomic E-state index is -4.04. The summed E-state index contributed by atoms with van der Waals surface area (Å²) in [6.45, 7) is 4.24. The topological polar surface area (TPSA) is 113 Å². The van der Waals surface area contributed by atoms with E-state index in [2.05, 4.69) is 5.32 Å². The highest BCUT2D eigenvalue weighted by molar-refractivity contribution is 7.89. The first-order valence-electron chi connectivity index (χ1n) is 11.6. The molecule has 1 atom stereocenters. The first kappa shape index (κ1) is 25.4. The Morgan fingerprint density at radius 2 is 1.56 bits per heavy atom. The largest absolute Gasteiger partial charge is 0.480 e. The number of fused-ring (bicyclic) bond motifs is 1. The zero-order valence-electron chi connectivity index (χ0n) is 20.0. The molecular formula is C27H28N2O6S. The van der Waals surface area contributed by atoms with Gasteiger partial charge >= 0.3 is 12.1 Å². The van der Waals surface area contributed by atoms with Crippen molar-refractivity contribution in [2.75, 3.05) is 11.9 Å². The Morgan fingerprint density at radius 1 is 0.972 bits per heavy atom. The van der Waals surface area contributed by atoms with Gasteiger partial charge in [0, 0.05) is 18.7 Å². The Bertz CT molecular complexity index is 1350. The van der Waals surface area contributed by atoms with E-state index in [1.807, 2.05) is 50.2 Å². The van der Waals surface area contributed by atoms with Crippen molar-refractivity contribution in [1.82, 2.24) is 4.31 Å². The molecule has 9 heteroatoms. The first-order chi connectivity index (χ1) is 17.1. The standard InChI is InChI=1S/C27H28N2O6S/c1-18(2)17-35-27(32)28-23-11-7-19(8-12-23)20-9-13-24(14-10-20)36(33,34)29-16-22-6-4-3-5-21(22)15-25(29)26(30)31/h3-14,18,25H,15-17H2,1-2H3,(H,28,32)(H,30,31)/t25-/m1/s1. The molecule has 0 radical (unpaired) electrons. The highest BCUT2D eigenvalue weighted by Gasteiger charge is 2.39. The van der Waals surface area contributed by atoms with Crippen molar-refractivity contribution in [3.63, 3.8) is 0 Å². The Morgan fingerprint density at radius 3 is 2.14 bits per heavy atom. The molecule has 1 heterocycles. The molecule has 3 aromatic rings. The Balaban J connectivity index is 1.50. The number of hydrogen-bond donors (Lipinski definition) is 2. The molecule has 0 saturated carbocycles. The van der Waals surface area contributed by atoms with Crippen LogP contribution in [0.25, 0.3) is 11.1 Å². The molecule has 0 bridgehead atoms. The van der Waals surface area contributed by atoms with E-state index in [1.165, 1.54) is 12.1 Å². The normalized spacial score (nSPS) is 15.8. The van der Waals surface area contributed by atoms with Crippen LogP contribution in [0.15, 0.2) is 77.7 Å². The van der Waals surface area contributed by atoms with Crippen LogP contribution < -0.4 is 5.32 Å². The van der Waals surface area contributed by atoms with Crippen LogP contribution in [-0.2, 0) is 32.5 Å². The number of aliphatic carboxylic acids is 1. The summed E-state index contributed by atoms with van der Waals surface area (Å²) in [5, 5.41) is 12.4. The van der Waals surface area contributed by atoms with Crippen LogP contribution in [0.4, 0.5) is 10.5 Å². The quantitative estimate of drug-likeness (QED) is 0.476. The molecule has 0 fully saturated rings. The number of sulfonamides is 1. The van der Waals surface area contributed by atoms with E-state index >= 15 is 0 Å². The molecule has 0 aliphatic carbocycles. The van der Waals surface area contributed by atoms with Crippen LogP contribution in [0, 0.1) is 5.92 Å². The van der Waals surface area contributed by atoms with Crippen LogP contribution in [0.2, 0.25) is 0 Å². The van der Waals surface area contributed by atoms with E-state index in [0.717, 1.165) is 26.6 Å². The molecular weight excluding hydrogens is 480 g/mol. The highest BCUT2D eigenvalue weighted by atomic mass is 32.2. The van der Waals surface area contributed by atoms with Crippen molar-refractivity contribution in [3.8, 4) is 11.1 Å². The van der Waals surface area contributed by atoms with Gasteiger partial charge in [0.1, 0.15) is 6.04 Å². The minimum Gasteiger partial charge on any atom is -0.480 e. The molecule has 188 valence electrons. The molecule has 0 saturated heterocycles. The average Bonchev–Trinajstić information content (AvgIpc) is 2.87. The van der Waals surface area contributed by atoms with Crippen molar-refractivity contribution in [2.24, 2.45) is 5.92 Å². The van der Waals surface area contributed by atoms with E-state index in [9.17, 15) is 23.1 Å². The number of nitrogens with one attached hydrogen (secondary N) is 1. The zero-order chi connectivity index (χ0) is 25.9. The van der Waals surface area contributed by atoms with Gasteiger partial charge in [0.2, 0.25) is 10.0 Å². The van der Waals surface area contributed by atoms with Crippen LogP contribution in [0.5, 0.6) is 0 Å². The molecule has 2 N–H and O–H groups in total. The molecule has 4 rings (SSSR count). The molecule has 1 aliphatic rings. The third-order valence-electron chi connectivity index (χ3n) is 5.96. The summed E-state index contributed by atoms with van der Waals surface area (Å²) in [5.41, 5.74) is 3.84. The van der Waals surface area contributed by atoms with E-state index in [-0.39, 0.29) is 23.8 Å². The van der Waals surface area contributed by atoms with Gasteiger partial charge < -0.3 is 9.84 Å². The lowest BCUT2D eigenvalue weighted by molar-refractivity contribution is -0.141. The molecule has 8 nitrogen and oxygen atoms in total. The van der Waals surface area contributed by atoms with Crippen molar-refractivity contribution in [3.05, 3.63) is 83.9 Å². The van der Waals surface area contributed by atoms with E-state index in [1.54, 1.807) is 24.3 Å². The van der Waals surface area contributed by atoms with Crippen LogP contribution in [0.3, 0.4) is 0 Å². The van der Waals surface area contributed by atoms with Gasteiger partial charge in [0.15, 0.2) is 0 Å². The number of carbonyl (C=O) groups excluding carboxylic acids is 1. The van der Waals surface area contributed by atoms with Gasteiger partial charge in [-0.2, -0.15) is 4.31 Å². The van der Waals surface area contributed by atoms with E-state index in [4.69, 9.17) is 4.74 Å². The van der Waals surface area contributed by atoms with Crippen molar-refractivity contribution in [2.45, 2.75) is 37.8 Å². The predicted octanol–water partition coefficient (Wildman–Crippen LogP) is 4.76. The molecule has 0 spiro atoms. The minimum absolute atomic E-state index is 0.00525. The SMILES string of the molecule is CC(C)COC(=O)Nc1ccc(-c2ccc(S(=O)(=O)N3Cc4ccccc4C[C@@H]3C(=O)O)cc2)cc1. The highest BCUT2D eigenvalue weighted by Crippen LogP contribution is 2.30. The maximum Gasteiger partial charge on any atom is 0.411 e. The molecule has 0 aromatic heterocycles. The van der Waals surface area contributed by atoms with E-state index in [0.29, 0.717) is 12.3 Å². The lowest BCUT2D eigenvalue weighted by Gasteiger charge is -2.33. The number of nitrogens with zero attached hydrogens (tertiary/aromatic N) is 1. The molecule has 0 unspecified atom stereocenters. The summed E-state index contributed by atoms with van der Waals surface area (Å²) in [4.78, 5) is 23.8. The van der Waals surface area contributed by atoms with E-state index < -0.39 is 28.1 Å². The summed E-state index contributed by atoms with van der Waals surface area (Å²) < 4.78 is 33.0. The maximum atomic E-state index is 13.4. The lowest BCUT2D eigenvalue weighted by Crippen LogP contribution is -2.48. The fourth-order valence-corrected chi connectivity index (χ4v) is 5.62. The third kappa shape index (κ3) is 5.58. The van der Waals surface area contributed by atoms with Crippen LogP contribution in [-0.4, -0.2) is 42.5 Å². The number of amides is 1. The molecule has 1 amide bonds. The number of rotatable bonds is 7. The monoisotopic (exact) mass is 508 g/mol. The summed E-state index contributed by atoms with van der Waals surface area (Å²) in [6, 6.07) is 19.5. The average molecular weight is 509 g/mol. The van der Waals surface area contributed by atoms with Gasteiger partial charge in [-0.15, -0.1) is 0 Å². The number of ether oxygens (including phenoxy) is 1. The van der Waals surface area contributed by atoms with Crippen LogP contribution in [0.1, 0.15) is 25.0 Å². The van der Waals surface area contributed by atoms with Gasteiger partial charge in [-0.3, -0.25) is 10.1 Å². The number of carbonyl (C=O) groups is 2. The second-order valence-corrected chi connectivity index (χ2v) is 11.0. The Labute approximate surface area is 210 Å². The van der Waals surface area contributed by atoms with Crippen molar-refractivity contribution in [1.29, 1.82) is 0 Å². The number of carboxylic acids is 1. The van der Waals surface area contributed by atoms with Gasteiger partial charge in [-0.05, 0) is 52.4 Å². The molecule has 36 heavy (non-hydrogen) atoms. The summed E-state index contributed by atoms with van der Waals surface area (Å²) in [6.07, 6.45) is -0.403. The number of anilines is 1. The Hall–Kier alpha value is -3.69. The first-order valence-corrected chi connectivity index (χ1v) is 13.0.